The fourth-order valence-electron chi connectivity index (χ4n) is 3.02. The Morgan fingerprint density at radius 3 is 3.00 bits per heavy atom. The van der Waals surface area contributed by atoms with Crippen molar-refractivity contribution >= 4 is 34.1 Å². The van der Waals surface area contributed by atoms with Crippen LogP contribution in [0.3, 0.4) is 0 Å². The second-order valence-corrected chi connectivity index (χ2v) is 6.43. The van der Waals surface area contributed by atoms with Crippen molar-refractivity contribution in [2.24, 2.45) is 15.9 Å². The first kappa shape index (κ1) is 17.6. The lowest BCUT2D eigenvalue weighted by atomic mass is 10.2. The van der Waals surface area contributed by atoms with Gasteiger partial charge in [0.15, 0.2) is 0 Å². The van der Waals surface area contributed by atoms with Crippen LogP contribution >= 0.6 is 0 Å². The maximum atomic E-state index is 9.61. The van der Waals surface area contributed by atoms with Crippen LogP contribution in [0.2, 0.25) is 0 Å². The average Bonchev–Trinajstić information content (AvgIpc) is 3.29. The predicted octanol–water partition coefficient (Wildman–Crippen LogP) is 2.62. The zero-order chi connectivity index (χ0) is 19.3. The van der Waals surface area contributed by atoms with Gasteiger partial charge >= 0.3 is 0 Å². The Morgan fingerprint density at radius 1 is 1.21 bits per heavy atom. The van der Waals surface area contributed by atoms with E-state index in [1.54, 1.807) is 24.5 Å². The number of para-hydroxylation sites is 2. The number of phenols is 1. The molecule has 28 heavy (non-hydrogen) atoms. The van der Waals surface area contributed by atoms with Gasteiger partial charge in [0.1, 0.15) is 11.6 Å². The Morgan fingerprint density at radius 2 is 2.11 bits per heavy atom. The van der Waals surface area contributed by atoms with Crippen molar-refractivity contribution in [3.63, 3.8) is 0 Å². The van der Waals surface area contributed by atoms with E-state index in [4.69, 9.17) is 5.73 Å². The molecule has 0 radical (unpaired) electrons. The maximum Gasteiger partial charge on any atom is 0.213 e. The molecule has 8 nitrogen and oxygen atoms in total. The Kier molecular flexibility index (Phi) is 4.92. The average molecular weight is 375 g/mol. The second kappa shape index (κ2) is 7.83. The van der Waals surface area contributed by atoms with Crippen LogP contribution in [-0.2, 0) is 6.42 Å². The Bertz CT molecular complexity index is 1120. The summed E-state index contributed by atoms with van der Waals surface area (Å²) in [6.45, 7) is 0.670. The van der Waals surface area contributed by atoms with Gasteiger partial charge in [-0.15, -0.1) is 5.10 Å². The van der Waals surface area contributed by atoms with E-state index >= 15 is 0 Å². The van der Waals surface area contributed by atoms with Gasteiger partial charge in [-0.1, -0.05) is 12.1 Å². The molecule has 2 heterocycles. The van der Waals surface area contributed by atoms with E-state index in [1.807, 2.05) is 30.3 Å². The topological polar surface area (TPSA) is 127 Å². The Hall–Kier alpha value is -3.81. The molecule has 0 amide bonds. The standard InChI is InChI=1S/C20H21N7O/c21-20(22-9-3-6-19-25-17-4-1-2-5-18(17)26-19)27-24-12-13-11-23-16-8-7-14(28)10-15(13)16/h1-2,4-5,7-8,10-12,23,28H,3,6,9H2,(H,25,26)(H3,21,22,27). The van der Waals surface area contributed by atoms with Gasteiger partial charge in [0.2, 0.25) is 5.96 Å². The van der Waals surface area contributed by atoms with E-state index in [1.165, 1.54) is 0 Å². The number of aromatic nitrogens is 3. The van der Waals surface area contributed by atoms with Crippen LogP contribution in [0.4, 0.5) is 0 Å². The summed E-state index contributed by atoms with van der Waals surface area (Å²) in [7, 11) is 0. The highest BCUT2D eigenvalue weighted by molar-refractivity contribution is 5.99. The maximum absolute atomic E-state index is 9.61. The molecule has 4 rings (SSSR count). The number of aromatic hydroxyl groups is 1. The highest BCUT2D eigenvalue weighted by atomic mass is 16.3. The van der Waals surface area contributed by atoms with E-state index in [0.717, 1.165) is 46.2 Å². The molecule has 0 fully saturated rings. The van der Waals surface area contributed by atoms with Crippen molar-refractivity contribution in [1.82, 2.24) is 20.3 Å². The van der Waals surface area contributed by atoms with Crippen LogP contribution in [0.5, 0.6) is 5.75 Å². The van der Waals surface area contributed by atoms with Crippen LogP contribution in [0.25, 0.3) is 21.9 Å². The minimum Gasteiger partial charge on any atom is -0.508 e. The summed E-state index contributed by atoms with van der Waals surface area (Å²) in [4.78, 5) is 11.0. The van der Waals surface area contributed by atoms with Crippen LogP contribution < -0.4 is 11.1 Å². The quantitative estimate of drug-likeness (QED) is 0.154. The number of aromatic amines is 2. The number of nitrogens with two attached hydrogens (primary N) is 1. The first-order valence-corrected chi connectivity index (χ1v) is 9.03. The lowest BCUT2D eigenvalue weighted by Gasteiger charge is -2.02. The van der Waals surface area contributed by atoms with Gasteiger partial charge in [0.05, 0.1) is 17.2 Å². The van der Waals surface area contributed by atoms with E-state index in [0.29, 0.717) is 6.54 Å². The molecule has 0 aliphatic carbocycles. The molecule has 0 spiro atoms. The molecule has 142 valence electrons. The number of H-pyrrole nitrogens is 2. The molecule has 0 saturated carbocycles. The van der Waals surface area contributed by atoms with Crippen LogP contribution in [-0.4, -0.2) is 38.8 Å². The molecular weight excluding hydrogens is 354 g/mol. The second-order valence-electron chi connectivity index (χ2n) is 6.43. The molecule has 0 aliphatic heterocycles. The summed E-state index contributed by atoms with van der Waals surface area (Å²) in [5.74, 6) is 1.42. The van der Waals surface area contributed by atoms with Gasteiger partial charge in [0, 0.05) is 35.6 Å². The molecular formula is C20H21N7O. The minimum absolute atomic E-state index is 0.205. The van der Waals surface area contributed by atoms with Crippen LogP contribution in [0, 0.1) is 0 Å². The minimum atomic E-state index is 0.205. The zero-order valence-electron chi connectivity index (χ0n) is 15.2. The van der Waals surface area contributed by atoms with Crippen molar-refractivity contribution in [3.8, 4) is 5.75 Å². The Labute approximate surface area is 161 Å². The molecule has 0 aliphatic rings. The van der Waals surface area contributed by atoms with Gasteiger partial charge in [-0.05, 0) is 36.8 Å². The molecule has 0 atom stereocenters. The molecule has 0 saturated heterocycles. The third-order valence-corrected chi connectivity index (χ3v) is 4.39. The number of benzene rings is 2. The van der Waals surface area contributed by atoms with Gasteiger partial charge in [-0.2, -0.15) is 5.10 Å². The highest BCUT2D eigenvalue weighted by Crippen LogP contribution is 2.21. The van der Waals surface area contributed by atoms with Crippen LogP contribution in [0.15, 0.2) is 58.9 Å². The SMILES string of the molecule is NC(=NN=Cc1c[nH]c2ccc(O)cc12)NCCCc1nc2ccccc2[nH]1. The number of hydrogen-bond donors (Lipinski definition) is 5. The lowest BCUT2D eigenvalue weighted by molar-refractivity contribution is 0.476. The third-order valence-electron chi connectivity index (χ3n) is 4.39. The van der Waals surface area contributed by atoms with E-state index in [-0.39, 0.29) is 11.7 Å². The summed E-state index contributed by atoms with van der Waals surface area (Å²) in [6, 6.07) is 13.1. The number of fused-ring (bicyclic) bond motifs is 2. The monoisotopic (exact) mass is 375 g/mol. The number of rotatable bonds is 6. The smallest absolute Gasteiger partial charge is 0.213 e. The molecule has 6 N–H and O–H groups in total. The lowest BCUT2D eigenvalue weighted by Crippen LogP contribution is -2.32. The molecule has 2 aromatic heterocycles. The van der Waals surface area contributed by atoms with E-state index < -0.39 is 0 Å². The number of aryl methyl sites for hydroxylation is 1. The van der Waals surface area contributed by atoms with Gasteiger partial charge in [-0.3, -0.25) is 0 Å². The van der Waals surface area contributed by atoms with Gasteiger partial charge in [-0.25, -0.2) is 4.98 Å². The summed E-state index contributed by atoms with van der Waals surface area (Å²) in [5.41, 5.74) is 9.61. The number of imidazole rings is 1. The van der Waals surface area contributed by atoms with Crippen molar-refractivity contribution in [2.75, 3.05) is 6.54 Å². The Balaban J connectivity index is 1.28. The summed E-state index contributed by atoms with van der Waals surface area (Å²) < 4.78 is 0. The molecule has 8 heteroatoms. The van der Waals surface area contributed by atoms with Crippen molar-refractivity contribution in [3.05, 3.63) is 60.0 Å². The number of guanidine groups is 1. The summed E-state index contributed by atoms with van der Waals surface area (Å²) in [5, 5.41) is 21.5. The number of phenolic OH excluding ortho intramolecular Hbond substituents is 1. The summed E-state index contributed by atoms with van der Waals surface area (Å²) in [6.07, 6.45) is 5.08. The first-order valence-electron chi connectivity index (χ1n) is 9.03. The van der Waals surface area contributed by atoms with Crippen molar-refractivity contribution < 1.29 is 5.11 Å². The molecule has 0 bridgehead atoms. The normalized spacial score (nSPS) is 12.4. The van der Waals surface area contributed by atoms with Crippen molar-refractivity contribution in [2.45, 2.75) is 12.8 Å². The fourth-order valence-corrected chi connectivity index (χ4v) is 3.02. The first-order chi connectivity index (χ1) is 13.7. The van der Waals surface area contributed by atoms with E-state index in [2.05, 4.69) is 30.5 Å². The molecule has 4 aromatic rings. The number of hydrogen-bond acceptors (Lipinski definition) is 4. The fraction of sp³-hybridized carbons (Fsp3) is 0.150. The molecule has 0 unspecified atom stereocenters. The largest absolute Gasteiger partial charge is 0.508 e. The van der Waals surface area contributed by atoms with Gasteiger partial charge in [0.25, 0.3) is 0 Å². The van der Waals surface area contributed by atoms with Crippen LogP contribution in [0.1, 0.15) is 17.8 Å². The number of nitrogens with zero attached hydrogens (tertiary/aromatic N) is 3. The molecule has 2 aromatic carbocycles. The predicted molar refractivity (Wildman–Crippen MR) is 112 cm³/mol. The highest BCUT2D eigenvalue weighted by Gasteiger charge is 2.03. The summed E-state index contributed by atoms with van der Waals surface area (Å²) >= 11 is 0. The van der Waals surface area contributed by atoms with Gasteiger partial charge < -0.3 is 26.1 Å². The zero-order valence-corrected chi connectivity index (χ0v) is 15.2. The number of nitrogens with one attached hydrogen (secondary N) is 3. The van der Waals surface area contributed by atoms with Crippen molar-refractivity contribution in [1.29, 1.82) is 0 Å². The van der Waals surface area contributed by atoms with E-state index in [9.17, 15) is 5.11 Å². The third kappa shape index (κ3) is 3.96.